The van der Waals surface area contributed by atoms with Crippen molar-refractivity contribution in [2.24, 2.45) is 0 Å². The van der Waals surface area contributed by atoms with Crippen LogP contribution in [-0.2, 0) is 9.59 Å². The highest BCUT2D eigenvalue weighted by Gasteiger charge is 2.32. The summed E-state index contributed by atoms with van der Waals surface area (Å²) in [5.41, 5.74) is 2.06. The number of rotatable bonds is 2. The fourth-order valence-electron chi connectivity index (χ4n) is 2.17. The highest BCUT2D eigenvalue weighted by atomic mass is 32.1. The molecule has 0 amide bonds. The van der Waals surface area contributed by atoms with Crippen molar-refractivity contribution in [2.75, 3.05) is 0 Å². The molecule has 2 aromatic heterocycles. The zero-order valence-corrected chi connectivity index (χ0v) is 11.5. The second-order valence-corrected chi connectivity index (χ2v) is 5.68. The van der Waals surface area contributed by atoms with Crippen molar-refractivity contribution < 1.29 is 14.7 Å². The predicted molar refractivity (Wildman–Crippen MR) is 76.5 cm³/mol. The Kier molecular flexibility index (Phi) is 2.99. The Morgan fingerprint density at radius 2 is 1.90 bits per heavy atom. The van der Waals surface area contributed by atoms with Gasteiger partial charge in [-0.25, -0.2) is 0 Å². The summed E-state index contributed by atoms with van der Waals surface area (Å²) >= 11 is 1.38. The van der Waals surface area contributed by atoms with Gasteiger partial charge in [0.2, 0.25) is 5.78 Å². The van der Waals surface area contributed by atoms with E-state index in [1.807, 2.05) is 25.1 Å². The van der Waals surface area contributed by atoms with Gasteiger partial charge in [0, 0.05) is 21.6 Å². The van der Waals surface area contributed by atoms with E-state index in [0.717, 1.165) is 16.1 Å². The quantitative estimate of drug-likeness (QED) is 0.861. The Morgan fingerprint density at radius 1 is 1.15 bits per heavy atom. The van der Waals surface area contributed by atoms with Gasteiger partial charge in [0.25, 0.3) is 0 Å². The number of Topliss-reactive ketones (excluding diaryl/α,β-unsaturated/α-hetero) is 2. The largest absolute Gasteiger partial charge is 0.504 e. The number of thiophene rings is 1. The van der Waals surface area contributed by atoms with Gasteiger partial charge in [0.05, 0.1) is 12.0 Å². The minimum absolute atomic E-state index is 0.150. The maximum Gasteiger partial charge on any atom is 0.205 e. The van der Waals surface area contributed by atoms with Gasteiger partial charge >= 0.3 is 0 Å². The van der Waals surface area contributed by atoms with E-state index in [-0.39, 0.29) is 17.8 Å². The summed E-state index contributed by atoms with van der Waals surface area (Å²) in [6.07, 6.45) is 1.49. The number of allylic oxidation sites excluding steroid dienone is 2. The van der Waals surface area contributed by atoms with Gasteiger partial charge < -0.3 is 5.11 Å². The lowest BCUT2D eigenvalue weighted by Gasteiger charge is -1.98. The minimum atomic E-state index is -0.500. The van der Waals surface area contributed by atoms with E-state index in [0.29, 0.717) is 4.88 Å². The van der Waals surface area contributed by atoms with Gasteiger partial charge in [-0.05, 0) is 36.8 Å². The molecule has 100 valence electrons. The van der Waals surface area contributed by atoms with Gasteiger partial charge in [-0.3, -0.25) is 14.6 Å². The van der Waals surface area contributed by atoms with Crippen LogP contribution in [0.25, 0.3) is 16.0 Å². The topological polar surface area (TPSA) is 67.3 Å². The van der Waals surface area contributed by atoms with E-state index in [1.54, 1.807) is 12.3 Å². The van der Waals surface area contributed by atoms with Crippen LogP contribution in [-0.4, -0.2) is 21.7 Å². The summed E-state index contributed by atoms with van der Waals surface area (Å²) in [5.74, 6) is -1.22. The Bertz CT molecular complexity index is 758. The lowest BCUT2D eigenvalue weighted by atomic mass is 10.1. The number of carbonyl (C=O) groups is 2. The molecule has 1 N–H and O–H groups in total. The number of carbonyl (C=O) groups excluding carboxylic acids is 2. The van der Waals surface area contributed by atoms with Gasteiger partial charge in [-0.2, -0.15) is 0 Å². The first-order valence-electron chi connectivity index (χ1n) is 6.09. The van der Waals surface area contributed by atoms with Crippen LogP contribution in [0.5, 0.6) is 0 Å². The molecule has 0 radical (unpaired) electrons. The fraction of sp³-hybridized carbons (Fsp3) is 0.133. The number of nitrogens with zero attached hydrogens (tertiary/aromatic N) is 1. The second kappa shape index (κ2) is 4.68. The Labute approximate surface area is 119 Å². The first-order chi connectivity index (χ1) is 9.56. The molecular weight excluding hydrogens is 274 g/mol. The molecule has 2 aromatic rings. The zero-order chi connectivity index (χ0) is 14.3. The van der Waals surface area contributed by atoms with Crippen molar-refractivity contribution in [3.8, 4) is 10.4 Å². The number of hydrogen-bond acceptors (Lipinski definition) is 5. The monoisotopic (exact) mass is 285 g/mol. The van der Waals surface area contributed by atoms with Crippen molar-refractivity contribution in [1.29, 1.82) is 0 Å². The third kappa shape index (κ3) is 2.06. The number of ketones is 2. The summed E-state index contributed by atoms with van der Waals surface area (Å²) in [4.78, 5) is 28.8. The maximum absolute atomic E-state index is 11.8. The van der Waals surface area contributed by atoms with Crippen LogP contribution in [0.3, 0.4) is 0 Å². The molecule has 1 aliphatic carbocycles. The smallest absolute Gasteiger partial charge is 0.205 e. The molecule has 0 bridgehead atoms. The standard InChI is InChI=1S/C15H11NO3S/c1-8-6-9(4-5-16-8)12-2-3-13(20-12)14-10(17)7-11(18)15(14)19/h2-6,19H,7H2,1H3. The number of aliphatic hydroxyl groups excluding tert-OH is 1. The predicted octanol–water partition coefficient (Wildman–Crippen LogP) is 2.93. The molecule has 20 heavy (non-hydrogen) atoms. The molecule has 4 nitrogen and oxygen atoms in total. The Balaban J connectivity index is 2.03. The van der Waals surface area contributed by atoms with Gasteiger partial charge in [-0.15, -0.1) is 11.3 Å². The van der Waals surface area contributed by atoms with E-state index >= 15 is 0 Å². The van der Waals surface area contributed by atoms with Crippen molar-refractivity contribution in [2.45, 2.75) is 13.3 Å². The maximum atomic E-state index is 11.8. The summed E-state index contributed by atoms with van der Waals surface area (Å²) in [6, 6.07) is 7.48. The molecule has 0 unspecified atom stereocenters. The van der Waals surface area contributed by atoms with Crippen LogP contribution < -0.4 is 0 Å². The normalized spacial score (nSPS) is 15.2. The van der Waals surface area contributed by atoms with Crippen LogP contribution in [0.2, 0.25) is 0 Å². The van der Waals surface area contributed by atoms with Gasteiger partial charge in [-0.1, -0.05) is 0 Å². The van der Waals surface area contributed by atoms with E-state index in [4.69, 9.17) is 0 Å². The third-order valence-electron chi connectivity index (χ3n) is 3.13. The lowest BCUT2D eigenvalue weighted by Crippen LogP contribution is -1.96. The number of pyridine rings is 1. The number of hydrogen-bond donors (Lipinski definition) is 1. The first kappa shape index (κ1) is 12.7. The summed E-state index contributed by atoms with van der Waals surface area (Å²) in [7, 11) is 0. The summed E-state index contributed by atoms with van der Waals surface area (Å²) in [6.45, 7) is 1.91. The average Bonchev–Trinajstić information content (AvgIpc) is 2.96. The minimum Gasteiger partial charge on any atom is -0.504 e. The molecule has 0 spiro atoms. The molecule has 0 aliphatic heterocycles. The second-order valence-electron chi connectivity index (χ2n) is 4.60. The van der Waals surface area contributed by atoms with Gasteiger partial charge in [0.15, 0.2) is 11.5 Å². The lowest BCUT2D eigenvalue weighted by molar-refractivity contribution is -0.121. The summed E-state index contributed by atoms with van der Waals surface area (Å²) < 4.78 is 0. The molecule has 0 aromatic carbocycles. The Morgan fingerprint density at radius 3 is 2.55 bits per heavy atom. The van der Waals surface area contributed by atoms with Crippen LogP contribution in [0, 0.1) is 6.92 Å². The molecule has 0 saturated heterocycles. The van der Waals surface area contributed by atoms with Crippen molar-refractivity contribution in [3.05, 3.63) is 46.8 Å². The molecule has 0 saturated carbocycles. The average molecular weight is 285 g/mol. The molecule has 5 heteroatoms. The van der Waals surface area contributed by atoms with Crippen LogP contribution in [0.1, 0.15) is 17.0 Å². The van der Waals surface area contributed by atoms with Crippen molar-refractivity contribution in [1.82, 2.24) is 4.98 Å². The highest BCUT2D eigenvalue weighted by Crippen LogP contribution is 2.36. The SMILES string of the molecule is Cc1cc(-c2ccc(C3=C(O)C(=O)CC3=O)s2)ccn1. The van der Waals surface area contributed by atoms with E-state index in [1.165, 1.54) is 11.3 Å². The Hall–Kier alpha value is -2.27. The van der Waals surface area contributed by atoms with E-state index in [2.05, 4.69) is 4.98 Å². The highest BCUT2D eigenvalue weighted by molar-refractivity contribution is 7.17. The molecule has 2 heterocycles. The molecule has 0 fully saturated rings. The number of aromatic nitrogens is 1. The molecule has 0 atom stereocenters. The van der Waals surface area contributed by atoms with Crippen molar-refractivity contribution >= 4 is 28.5 Å². The summed E-state index contributed by atoms with van der Waals surface area (Å²) in [5, 5.41) is 9.71. The van der Waals surface area contributed by atoms with E-state index < -0.39 is 11.5 Å². The number of aliphatic hydroxyl groups is 1. The first-order valence-corrected chi connectivity index (χ1v) is 6.91. The molecular formula is C15H11NO3S. The van der Waals surface area contributed by atoms with E-state index in [9.17, 15) is 14.7 Å². The van der Waals surface area contributed by atoms with Crippen molar-refractivity contribution in [3.63, 3.8) is 0 Å². The zero-order valence-electron chi connectivity index (χ0n) is 10.7. The van der Waals surface area contributed by atoms with Crippen LogP contribution >= 0.6 is 11.3 Å². The van der Waals surface area contributed by atoms with Crippen LogP contribution in [0.15, 0.2) is 36.2 Å². The third-order valence-corrected chi connectivity index (χ3v) is 4.29. The molecule has 3 rings (SSSR count). The van der Waals surface area contributed by atoms with Gasteiger partial charge in [0.1, 0.15) is 0 Å². The molecule has 1 aliphatic rings. The fourth-order valence-corrected chi connectivity index (χ4v) is 3.24. The van der Waals surface area contributed by atoms with Crippen LogP contribution in [0.4, 0.5) is 0 Å². The number of aryl methyl sites for hydroxylation is 1.